The van der Waals surface area contributed by atoms with E-state index < -0.39 is 29.5 Å². The molecule has 1 amide bonds. The molecule has 45 heavy (non-hydrogen) atoms. The maximum Gasteiger partial charge on any atom is 0.350 e. The number of rotatable bonds is 11. The van der Waals surface area contributed by atoms with Crippen LogP contribution in [0.2, 0.25) is 0 Å². The van der Waals surface area contributed by atoms with E-state index in [0.29, 0.717) is 66.6 Å². The molecule has 1 atom stereocenters. The highest BCUT2D eigenvalue weighted by molar-refractivity contribution is 7.17. The lowest BCUT2D eigenvalue weighted by Gasteiger charge is -2.24. The van der Waals surface area contributed by atoms with Gasteiger partial charge >= 0.3 is 11.9 Å². The molecule has 11 nitrogen and oxygen atoms in total. The number of aliphatic hydroxyl groups is 1. The number of carbonyl (C=O) groups is 3. The molecule has 0 bridgehead atoms. The van der Waals surface area contributed by atoms with E-state index in [4.69, 9.17) is 23.7 Å². The van der Waals surface area contributed by atoms with E-state index in [1.807, 2.05) is 6.92 Å². The van der Waals surface area contributed by atoms with Gasteiger partial charge in [-0.05, 0) is 69.0 Å². The number of aryl methyl sites for hydroxylation is 1. The second-order valence-electron chi connectivity index (χ2n) is 10.8. The molecule has 0 radical (unpaired) electrons. The van der Waals surface area contributed by atoms with Crippen molar-refractivity contribution in [2.75, 3.05) is 37.9 Å². The van der Waals surface area contributed by atoms with Crippen molar-refractivity contribution in [1.29, 1.82) is 0 Å². The van der Waals surface area contributed by atoms with Gasteiger partial charge in [0, 0.05) is 5.56 Å². The van der Waals surface area contributed by atoms with Crippen molar-refractivity contribution < 1.29 is 43.2 Å². The molecule has 238 valence electrons. The summed E-state index contributed by atoms with van der Waals surface area (Å²) in [6, 6.07) is 8.84. The van der Waals surface area contributed by atoms with Crippen LogP contribution in [0.4, 0.5) is 5.13 Å². The number of benzene rings is 2. The SMILES string of the molecule is CCOC(=O)c1sc(N2C(=O)C(=O)/C(=C(/O)c3ccc4c(c3)OCCO4)C2c2ccc(OCCC(C)C)c(OCC)c2)nc1C. The number of Topliss-reactive ketones (excluding diaryl/α,β-unsaturated/α-hetero) is 1. The number of aliphatic hydroxyl groups excluding tert-OH is 1. The fraction of sp³-hybridized carbons (Fsp3) is 0.394. The van der Waals surface area contributed by atoms with Crippen LogP contribution in [0, 0.1) is 12.8 Å². The molecule has 3 heterocycles. The topological polar surface area (TPSA) is 134 Å². The van der Waals surface area contributed by atoms with Gasteiger partial charge in [0.05, 0.1) is 37.1 Å². The molecule has 2 aromatic carbocycles. The van der Waals surface area contributed by atoms with E-state index in [9.17, 15) is 19.5 Å². The number of fused-ring (bicyclic) bond motifs is 1. The Hall–Kier alpha value is -4.58. The number of esters is 1. The van der Waals surface area contributed by atoms with Crippen LogP contribution in [0.5, 0.6) is 23.0 Å². The van der Waals surface area contributed by atoms with Gasteiger partial charge in [0.2, 0.25) is 0 Å². The van der Waals surface area contributed by atoms with Crippen molar-refractivity contribution in [3.8, 4) is 23.0 Å². The van der Waals surface area contributed by atoms with Crippen molar-refractivity contribution >= 4 is 39.9 Å². The first-order chi connectivity index (χ1) is 21.6. The Morgan fingerprint density at radius 2 is 1.80 bits per heavy atom. The molecular weight excluding hydrogens is 600 g/mol. The number of thiazole rings is 1. The number of aromatic nitrogens is 1. The second kappa shape index (κ2) is 13.6. The average molecular weight is 637 g/mol. The third kappa shape index (κ3) is 6.46. The number of carbonyl (C=O) groups excluding carboxylic acids is 3. The van der Waals surface area contributed by atoms with Crippen molar-refractivity contribution in [2.24, 2.45) is 5.92 Å². The highest BCUT2D eigenvalue weighted by atomic mass is 32.1. The summed E-state index contributed by atoms with van der Waals surface area (Å²) < 4.78 is 28.4. The van der Waals surface area contributed by atoms with Gasteiger partial charge in [0.1, 0.15) is 23.9 Å². The minimum absolute atomic E-state index is 0.110. The van der Waals surface area contributed by atoms with Crippen molar-refractivity contribution in [3.05, 3.63) is 63.7 Å². The molecule has 0 aliphatic carbocycles. The molecule has 0 spiro atoms. The van der Waals surface area contributed by atoms with Crippen LogP contribution in [0.3, 0.4) is 0 Å². The molecule has 12 heteroatoms. The van der Waals surface area contributed by atoms with Gasteiger partial charge in [-0.25, -0.2) is 9.78 Å². The standard InChI is InChI=1S/C33H36N2O9S/c1-6-40-24-16-20(8-10-22(24)42-13-12-18(3)4)27-26(28(36)21-9-11-23-25(17-21)44-15-14-43-23)29(37)31(38)35(27)33-34-19(5)30(45-33)32(39)41-7-2/h8-11,16-18,27,36H,6-7,12-15H2,1-5H3/b28-26+. The van der Waals surface area contributed by atoms with E-state index in [-0.39, 0.29) is 27.8 Å². The monoisotopic (exact) mass is 636 g/mol. The summed E-state index contributed by atoms with van der Waals surface area (Å²) in [6.07, 6.45) is 0.842. The summed E-state index contributed by atoms with van der Waals surface area (Å²) in [4.78, 5) is 46.0. The van der Waals surface area contributed by atoms with E-state index in [1.54, 1.807) is 50.2 Å². The molecule has 1 N–H and O–H groups in total. The number of ether oxygens (including phenoxy) is 5. The largest absolute Gasteiger partial charge is 0.507 e. The molecule has 1 aromatic heterocycles. The molecule has 3 aromatic rings. The third-order valence-corrected chi connectivity index (χ3v) is 8.39. The molecule has 2 aliphatic heterocycles. The minimum atomic E-state index is -1.11. The van der Waals surface area contributed by atoms with Crippen LogP contribution in [-0.4, -0.2) is 60.8 Å². The zero-order valence-electron chi connectivity index (χ0n) is 25.9. The summed E-state index contributed by atoms with van der Waals surface area (Å²) in [5.41, 5.74) is 0.935. The van der Waals surface area contributed by atoms with Gasteiger partial charge < -0.3 is 28.8 Å². The van der Waals surface area contributed by atoms with E-state index >= 15 is 0 Å². The maximum atomic E-state index is 13.8. The van der Waals surface area contributed by atoms with E-state index in [1.165, 1.54) is 4.90 Å². The zero-order chi connectivity index (χ0) is 32.2. The lowest BCUT2D eigenvalue weighted by Crippen LogP contribution is -2.29. The Kier molecular flexibility index (Phi) is 9.62. The summed E-state index contributed by atoms with van der Waals surface area (Å²) >= 11 is 0.939. The minimum Gasteiger partial charge on any atom is -0.507 e. The lowest BCUT2D eigenvalue weighted by atomic mass is 9.95. The average Bonchev–Trinajstić information content (AvgIpc) is 3.53. The predicted molar refractivity (Wildman–Crippen MR) is 168 cm³/mol. The fourth-order valence-electron chi connectivity index (χ4n) is 5.05. The number of hydrogen-bond donors (Lipinski definition) is 1. The maximum absolute atomic E-state index is 13.8. The first kappa shape index (κ1) is 31.8. The number of nitrogens with zero attached hydrogens (tertiary/aromatic N) is 2. The molecule has 2 aliphatic rings. The van der Waals surface area contributed by atoms with Crippen molar-refractivity contribution in [3.63, 3.8) is 0 Å². The highest BCUT2D eigenvalue weighted by Crippen LogP contribution is 2.46. The first-order valence-electron chi connectivity index (χ1n) is 14.9. The summed E-state index contributed by atoms with van der Waals surface area (Å²) in [7, 11) is 0. The predicted octanol–water partition coefficient (Wildman–Crippen LogP) is 5.85. The second-order valence-corrected chi connectivity index (χ2v) is 11.8. The van der Waals surface area contributed by atoms with Crippen LogP contribution in [-0.2, 0) is 14.3 Å². The van der Waals surface area contributed by atoms with Gasteiger partial charge in [-0.15, -0.1) is 0 Å². The number of anilines is 1. The van der Waals surface area contributed by atoms with E-state index in [0.717, 1.165) is 17.8 Å². The third-order valence-electron chi connectivity index (χ3n) is 7.25. The molecule has 5 rings (SSSR count). The highest BCUT2D eigenvalue weighted by Gasteiger charge is 2.49. The summed E-state index contributed by atoms with van der Waals surface area (Å²) in [6.45, 7) is 11.1. The number of hydrogen-bond acceptors (Lipinski definition) is 11. The number of amides is 1. The van der Waals surface area contributed by atoms with Crippen molar-refractivity contribution in [2.45, 2.75) is 47.1 Å². The Morgan fingerprint density at radius 1 is 1.04 bits per heavy atom. The van der Waals surface area contributed by atoms with Crippen LogP contribution in [0.1, 0.15) is 66.7 Å². The van der Waals surface area contributed by atoms with Crippen LogP contribution >= 0.6 is 11.3 Å². The molecule has 1 saturated heterocycles. The first-order valence-corrected chi connectivity index (χ1v) is 15.7. The van der Waals surface area contributed by atoms with Crippen LogP contribution in [0.25, 0.3) is 5.76 Å². The van der Waals surface area contributed by atoms with Gasteiger partial charge in [0.25, 0.3) is 5.78 Å². The van der Waals surface area contributed by atoms with Crippen LogP contribution in [0.15, 0.2) is 42.0 Å². The Bertz CT molecular complexity index is 1640. The van der Waals surface area contributed by atoms with Gasteiger partial charge in [0.15, 0.2) is 28.1 Å². The van der Waals surface area contributed by atoms with Gasteiger partial charge in [-0.1, -0.05) is 31.3 Å². The quantitative estimate of drug-likeness (QED) is 0.118. The fourth-order valence-corrected chi connectivity index (χ4v) is 6.04. The van der Waals surface area contributed by atoms with Gasteiger partial charge in [-0.3, -0.25) is 14.5 Å². The molecule has 1 fully saturated rings. The summed E-state index contributed by atoms with van der Waals surface area (Å²) in [5, 5.41) is 11.8. The van der Waals surface area contributed by atoms with Gasteiger partial charge in [-0.2, -0.15) is 0 Å². The zero-order valence-corrected chi connectivity index (χ0v) is 26.7. The Balaban J connectivity index is 1.66. The summed E-state index contributed by atoms with van der Waals surface area (Å²) in [5.74, 6) is -0.489. The lowest BCUT2D eigenvalue weighted by molar-refractivity contribution is -0.132. The number of ketones is 1. The molecule has 1 unspecified atom stereocenters. The Labute approximate surface area is 265 Å². The smallest absolute Gasteiger partial charge is 0.350 e. The molecular formula is C33H36N2O9S. The Morgan fingerprint density at radius 3 is 2.51 bits per heavy atom. The molecule has 0 saturated carbocycles. The normalized spacial score (nSPS) is 17.1. The van der Waals surface area contributed by atoms with Crippen molar-refractivity contribution in [1.82, 2.24) is 4.98 Å². The van der Waals surface area contributed by atoms with Crippen LogP contribution < -0.4 is 23.8 Å². The van der Waals surface area contributed by atoms with E-state index in [2.05, 4.69) is 18.8 Å².